The van der Waals surface area contributed by atoms with E-state index in [1.165, 1.54) is 7.11 Å². The van der Waals surface area contributed by atoms with E-state index in [1.807, 2.05) is 12.1 Å². The number of hydrogen-bond donors (Lipinski definition) is 1. The smallest absolute Gasteiger partial charge is 0.229 e. The van der Waals surface area contributed by atoms with E-state index >= 15 is 0 Å². The fourth-order valence-corrected chi connectivity index (χ4v) is 3.88. The maximum Gasteiger partial charge on any atom is 0.229 e. The van der Waals surface area contributed by atoms with Gasteiger partial charge in [0, 0.05) is 17.0 Å². The van der Waals surface area contributed by atoms with E-state index in [-0.39, 0.29) is 0 Å². The van der Waals surface area contributed by atoms with E-state index in [1.54, 1.807) is 24.3 Å². The number of nitrogens with zero attached hydrogens (tertiary/aromatic N) is 2. The van der Waals surface area contributed by atoms with Gasteiger partial charge >= 0.3 is 0 Å². The van der Waals surface area contributed by atoms with Crippen molar-refractivity contribution in [2.75, 3.05) is 18.1 Å². The first-order chi connectivity index (χ1) is 13.4. The molecule has 2 aromatic carbocycles. The Labute approximate surface area is 163 Å². The van der Waals surface area contributed by atoms with Gasteiger partial charge in [-0.3, -0.25) is 4.72 Å². The number of sulfonamides is 1. The topological polar surface area (TPSA) is 92.1 Å². The molecule has 1 N–H and O–H groups in total. The molecule has 0 bridgehead atoms. The van der Waals surface area contributed by atoms with Crippen molar-refractivity contribution in [1.29, 1.82) is 5.26 Å². The third kappa shape index (κ3) is 3.64. The Morgan fingerprint density at radius 2 is 1.89 bits per heavy atom. The Morgan fingerprint density at radius 3 is 2.46 bits per heavy atom. The molecule has 0 aliphatic heterocycles. The van der Waals surface area contributed by atoms with Crippen LogP contribution in [0, 0.1) is 11.3 Å². The summed E-state index contributed by atoms with van der Waals surface area (Å²) < 4.78 is 31.4. The summed E-state index contributed by atoms with van der Waals surface area (Å²) in [5.74, 6) is 0.867. The molecule has 28 heavy (non-hydrogen) atoms. The molecule has 0 saturated heterocycles. The second-order valence-electron chi connectivity index (χ2n) is 7.00. The first kappa shape index (κ1) is 18.3. The molecule has 1 aromatic heterocycles. The van der Waals surface area contributed by atoms with Gasteiger partial charge in [0.05, 0.1) is 41.9 Å². The van der Waals surface area contributed by atoms with Gasteiger partial charge in [-0.05, 0) is 48.6 Å². The summed E-state index contributed by atoms with van der Waals surface area (Å²) in [6, 6.07) is 15.1. The minimum atomic E-state index is -3.43. The summed E-state index contributed by atoms with van der Waals surface area (Å²) >= 11 is 0. The van der Waals surface area contributed by atoms with Crippen LogP contribution in [0.1, 0.15) is 29.9 Å². The molecule has 1 aliphatic rings. The largest absolute Gasteiger partial charge is 0.494 e. The minimum Gasteiger partial charge on any atom is -0.494 e. The van der Waals surface area contributed by atoms with Crippen LogP contribution in [0.3, 0.4) is 0 Å². The molecule has 6 nitrogen and oxygen atoms in total. The summed E-state index contributed by atoms with van der Waals surface area (Å²) in [4.78, 5) is 4.78. The molecule has 7 heteroatoms. The Balaban J connectivity index is 1.91. The lowest BCUT2D eigenvalue weighted by atomic mass is 10.00. The second-order valence-corrected chi connectivity index (χ2v) is 8.75. The molecule has 4 rings (SSSR count). The highest BCUT2D eigenvalue weighted by Crippen LogP contribution is 2.45. The van der Waals surface area contributed by atoms with Crippen LogP contribution < -0.4 is 9.46 Å². The van der Waals surface area contributed by atoms with Gasteiger partial charge in [0.15, 0.2) is 0 Å². The van der Waals surface area contributed by atoms with Gasteiger partial charge in [-0.25, -0.2) is 13.4 Å². The van der Waals surface area contributed by atoms with Crippen LogP contribution in [-0.2, 0) is 10.0 Å². The molecule has 0 radical (unpaired) electrons. The standard InChI is InChI=1S/C21H19N3O3S/c1-27-21-11-19-17(10-20(21)24-28(2,25)26)16(14-7-8-14)9-18(23-19)15-5-3-13(12-22)4-6-15/h3-6,9-11,14,24H,7-8H2,1-2H3. The summed E-state index contributed by atoms with van der Waals surface area (Å²) in [6.07, 6.45) is 3.32. The van der Waals surface area contributed by atoms with Gasteiger partial charge in [-0.2, -0.15) is 5.26 Å². The lowest BCUT2D eigenvalue weighted by molar-refractivity contribution is 0.417. The third-order valence-corrected chi connectivity index (χ3v) is 5.37. The van der Waals surface area contributed by atoms with Gasteiger partial charge in [0.2, 0.25) is 10.0 Å². The monoisotopic (exact) mass is 393 g/mol. The lowest BCUT2D eigenvalue weighted by Crippen LogP contribution is -2.10. The number of anilines is 1. The predicted octanol–water partition coefficient (Wildman–Crippen LogP) is 4.03. The molecule has 0 amide bonds. The summed E-state index contributed by atoms with van der Waals surface area (Å²) in [5, 5.41) is 9.92. The molecule has 1 fully saturated rings. The van der Waals surface area contributed by atoms with Crippen LogP contribution in [-0.4, -0.2) is 26.8 Å². The summed E-state index contributed by atoms with van der Waals surface area (Å²) in [5.41, 5.74) is 4.67. The number of fused-ring (bicyclic) bond motifs is 1. The van der Waals surface area contributed by atoms with Crippen molar-refractivity contribution in [3.05, 3.63) is 53.6 Å². The first-order valence-corrected chi connectivity index (χ1v) is 10.8. The zero-order valence-electron chi connectivity index (χ0n) is 15.6. The molecule has 142 valence electrons. The normalized spacial score (nSPS) is 13.9. The fraction of sp³-hybridized carbons (Fsp3) is 0.238. The maximum absolute atomic E-state index is 11.7. The number of ether oxygens (including phenoxy) is 1. The van der Waals surface area contributed by atoms with Crippen LogP contribution in [0.25, 0.3) is 22.2 Å². The van der Waals surface area contributed by atoms with Gasteiger partial charge in [0.1, 0.15) is 5.75 Å². The zero-order chi connectivity index (χ0) is 19.9. The number of hydrogen-bond acceptors (Lipinski definition) is 5. The minimum absolute atomic E-state index is 0.410. The number of nitrogens with one attached hydrogen (secondary N) is 1. The number of benzene rings is 2. The molecule has 0 spiro atoms. The van der Waals surface area contributed by atoms with Crippen LogP contribution >= 0.6 is 0 Å². The van der Waals surface area contributed by atoms with E-state index in [2.05, 4.69) is 16.9 Å². The molecular weight excluding hydrogens is 374 g/mol. The highest BCUT2D eigenvalue weighted by atomic mass is 32.2. The predicted molar refractivity (Wildman–Crippen MR) is 109 cm³/mol. The number of rotatable bonds is 5. The van der Waals surface area contributed by atoms with Gasteiger partial charge < -0.3 is 4.74 Å². The van der Waals surface area contributed by atoms with Crippen LogP contribution in [0.2, 0.25) is 0 Å². The number of aromatic nitrogens is 1. The van der Waals surface area contributed by atoms with Gasteiger partial charge in [-0.15, -0.1) is 0 Å². The van der Waals surface area contributed by atoms with Crippen LogP contribution in [0.15, 0.2) is 42.5 Å². The Hall–Kier alpha value is -3.11. The third-order valence-electron chi connectivity index (χ3n) is 4.78. The maximum atomic E-state index is 11.7. The molecule has 0 unspecified atom stereocenters. The highest BCUT2D eigenvalue weighted by Gasteiger charge is 2.27. The molecule has 1 heterocycles. The number of methoxy groups -OCH3 is 1. The Morgan fingerprint density at radius 1 is 1.18 bits per heavy atom. The van der Waals surface area contributed by atoms with Gasteiger partial charge in [0.25, 0.3) is 0 Å². The van der Waals surface area contributed by atoms with Crippen molar-refractivity contribution in [1.82, 2.24) is 4.98 Å². The van der Waals surface area contributed by atoms with E-state index < -0.39 is 10.0 Å². The zero-order valence-corrected chi connectivity index (χ0v) is 16.4. The van der Waals surface area contributed by atoms with Crippen molar-refractivity contribution < 1.29 is 13.2 Å². The first-order valence-electron chi connectivity index (χ1n) is 8.89. The van der Waals surface area contributed by atoms with Crippen molar-refractivity contribution in [2.45, 2.75) is 18.8 Å². The second kappa shape index (κ2) is 6.80. The lowest BCUT2D eigenvalue weighted by Gasteiger charge is -2.14. The van der Waals surface area contributed by atoms with Crippen molar-refractivity contribution in [3.63, 3.8) is 0 Å². The molecule has 1 saturated carbocycles. The van der Waals surface area contributed by atoms with Crippen molar-refractivity contribution >= 4 is 26.6 Å². The summed E-state index contributed by atoms with van der Waals surface area (Å²) in [6.45, 7) is 0. The summed E-state index contributed by atoms with van der Waals surface area (Å²) in [7, 11) is -1.93. The quantitative estimate of drug-likeness (QED) is 0.706. The molecule has 0 atom stereocenters. The van der Waals surface area contributed by atoms with E-state index in [4.69, 9.17) is 15.0 Å². The fourth-order valence-electron chi connectivity index (χ4n) is 3.32. The van der Waals surface area contributed by atoms with Crippen LogP contribution in [0.4, 0.5) is 5.69 Å². The van der Waals surface area contributed by atoms with E-state index in [0.717, 1.165) is 46.8 Å². The van der Waals surface area contributed by atoms with E-state index in [0.29, 0.717) is 22.9 Å². The van der Waals surface area contributed by atoms with E-state index in [9.17, 15) is 8.42 Å². The average Bonchev–Trinajstić information content (AvgIpc) is 3.50. The number of pyridine rings is 1. The highest BCUT2D eigenvalue weighted by molar-refractivity contribution is 7.92. The SMILES string of the molecule is COc1cc2nc(-c3ccc(C#N)cc3)cc(C3CC3)c2cc1NS(C)(=O)=O. The van der Waals surface area contributed by atoms with Crippen molar-refractivity contribution in [3.8, 4) is 23.1 Å². The Kier molecular flexibility index (Phi) is 4.44. The molecular formula is C21H19N3O3S. The van der Waals surface area contributed by atoms with Crippen molar-refractivity contribution in [2.24, 2.45) is 0 Å². The van der Waals surface area contributed by atoms with Gasteiger partial charge in [-0.1, -0.05) is 12.1 Å². The molecule has 3 aromatic rings. The average molecular weight is 393 g/mol. The van der Waals surface area contributed by atoms with Crippen LogP contribution in [0.5, 0.6) is 5.75 Å². The molecule has 1 aliphatic carbocycles. The number of nitriles is 1. The Bertz CT molecular complexity index is 1210.